The molecule has 3 rings (SSSR count). The van der Waals surface area contributed by atoms with Gasteiger partial charge in [0.05, 0.1) is 12.5 Å². The van der Waals surface area contributed by atoms with Crippen LogP contribution in [0.2, 0.25) is 0 Å². The highest BCUT2D eigenvalue weighted by Gasteiger charge is 2.32. The molecule has 0 aliphatic carbocycles. The average molecular weight is 386 g/mol. The van der Waals surface area contributed by atoms with E-state index in [1.807, 2.05) is 28.0 Å². The lowest BCUT2D eigenvalue weighted by atomic mass is 9.84. The van der Waals surface area contributed by atoms with Crippen LogP contribution in [-0.2, 0) is 9.59 Å². The smallest absolute Gasteiger partial charge is 0.236 e. The molecule has 0 N–H and O–H groups in total. The fraction of sp³-hybridized carbons (Fsp3) is 0.652. The summed E-state index contributed by atoms with van der Waals surface area (Å²) in [4.78, 5) is 32.0. The highest BCUT2D eigenvalue weighted by molar-refractivity contribution is 5.84. The van der Waals surface area contributed by atoms with Crippen molar-refractivity contribution in [3.63, 3.8) is 0 Å². The Morgan fingerprint density at radius 1 is 0.893 bits per heavy atom. The van der Waals surface area contributed by atoms with Crippen LogP contribution < -0.4 is 0 Å². The van der Waals surface area contributed by atoms with E-state index in [1.54, 1.807) is 0 Å². The quantitative estimate of drug-likeness (QED) is 0.756. The van der Waals surface area contributed by atoms with Gasteiger partial charge in [-0.05, 0) is 30.7 Å². The molecule has 1 aromatic carbocycles. The predicted octanol–water partition coefficient (Wildman–Crippen LogP) is 2.97. The van der Waals surface area contributed by atoms with Crippen LogP contribution in [0, 0.1) is 5.92 Å². The van der Waals surface area contributed by atoms with Crippen LogP contribution in [0.3, 0.4) is 0 Å². The summed E-state index contributed by atoms with van der Waals surface area (Å²) in [6.07, 6.45) is 4.48. The number of carbonyl (C=O) groups excluding carboxylic acids is 2. The third-order valence-electron chi connectivity index (χ3n) is 6.39. The van der Waals surface area contributed by atoms with Gasteiger partial charge in [-0.25, -0.2) is 0 Å². The molecule has 2 aliphatic heterocycles. The first-order valence-corrected chi connectivity index (χ1v) is 10.9. The second-order valence-corrected chi connectivity index (χ2v) is 8.32. The lowest BCUT2D eigenvalue weighted by Crippen LogP contribution is -2.53. The fourth-order valence-electron chi connectivity index (χ4n) is 4.37. The fourth-order valence-corrected chi connectivity index (χ4v) is 4.37. The Hall–Kier alpha value is -1.88. The van der Waals surface area contributed by atoms with Crippen molar-refractivity contribution in [3.05, 3.63) is 35.9 Å². The number of likely N-dealkylation sites (tertiary alicyclic amines) is 1. The molecule has 5 nitrogen and oxygen atoms in total. The van der Waals surface area contributed by atoms with E-state index in [1.165, 1.54) is 6.42 Å². The maximum absolute atomic E-state index is 13.3. The zero-order chi connectivity index (χ0) is 19.9. The Bertz CT molecular complexity index is 635. The number of rotatable bonds is 6. The van der Waals surface area contributed by atoms with Crippen molar-refractivity contribution in [1.82, 2.24) is 14.7 Å². The van der Waals surface area contributed by atoms with E-state index < -0.39 is 0 Å². The van der Waals surface area contributed by atoms with Gasteiger partial charge in [0.25, 0.3) is 0 Å². The topological polar surface area (TPSA) is 43.9 Å². The molecule has 1 aromatic rings. The van der Waals surface area contributed by atoms with E-state index in [0.29, 0.717) is 25.6 Å². The molecule has 0 aromatic heterocycles. The molecule has 2 aliphatic rings. The minimum absolute atomic E-state index is 0.0762. The molecule has 2 atom stereocenters. The summed E-state index contributed by atoms with van der Waals surface area (Å²) < 4.78 is 0. The second-order valence-electron chi connectivity index (χ2n) is 8.32. The number of nitrogens with zero attached hydrogens (tertiary/aromatic N) is 3. The molecule has 0 bridgehead atoms. The summed E-state index contributed by atoms with van der Waals surface area (Å²) in [6.45, 7) is 9.63. The van der Waals surface area contributed by atoms with Gasteiger partial charge in [-0.15, -0.1) is 0 Å². The number of hydrogen-bond acceptors (Lipinski definition) is 3. The summed E-state index contributed by atoms with van der Waals surface area (Å²) in [5, 5.41) is 0. The van der Waals surface area contributed by atoms with Crippen molar-refractivity contribution >= 4 is 11.8 Å². The van der Waals surface area contributed by atoms with Gasteiger partial charge in [-0.3, -0.25) is 14.5 Å². The number of piperazine rings is 1. The Morgan fingerprint density at radius 3 is 2.14 bits per heavy atom. The van der Waals surface area contributed by atoms with Crippen LogP contribution in [0.5, 0.6) is 0 Å². The van der Waals surface area contributed by atoms with E-state index in [4.69, 9.17) is 0 Å². The molecular formula is C23H35N3O2. The molecule has 2 heterocycles. The van der Waals surface area contributed by atoms with Gasteiger partial charge in [0.2, 0.25) is 11.8 Å². The van der Waals surface area contributed by atoms with Gasteiger partial charge in [0, 0.05) is 39.3 Å². The molecule has 5 heteroatoms. The zero-order valence-corrected chi connectivity index (χ0v) is 17.5. The van der Waals surface area contributed by atoms with E-state index in [0.717, 1.165) is 51.0 Å². The summed E-state index contributed by atoms with van der Waals surface area (Å²) in [6, 6.07) is 10.2. The minimum atomic E-state index is -0.0762. The summed E-state index contributed by atoms with van der Waals surface area (Å²) in [5.41, 5.74) is 1.12. The molecule has 28 heavy (non-hydrogen) atoms. The van der Waals surface area contributed by atoms with Crippen LogP contribution in [0.1, 0.15) is 51.0 Å². The van der Waals surface area contributed by atoms with Crippen molar-refractivity contribution in [2.24, 2.45) is 5.92 Å². The highest BCUT2D eigenvalue weighted by atomic mass is 16.2. The van der Waals surface area contributed by atoms with Crippen molar-refractivity contribution in [1.29, 1.82) is 0 Å². The monoisotopic (exact) mass is 385 g/mol. The van der Waals surface area contributed by atoms with E-state index in [9.17, 15) is 9.59 Å². The number of carbonyl (C=O) groups is 2. The first kappa shape index (κ1) is 20.8. The number of piperidine rings is 1. The average Bonchev–Trinajstić information content (AvgIpc) is 2.75. The third kappa shape index (κ3) is 5.13. The largest absolute Gasteiger partial charge is 0.342 e. The zero-order valence-electron chi connectivity index (χ0n) is 17.5. The van der Waals surface area contributed by atoms with Crippen molar-refractivity contribution in [2.75, 3.05) is 45.8 Å². The van der Waals surface area contributed by atoms with Gasteiger partial charge in [-0.1, -0.05) is 50.6 Å². The van der Waals surface area contributed by atoms with Gasteiger partial charge < -0.3 is 9.80 Å². The Kier molecular flexibility index (Phi) is 7.49. The summed E-state index contributed by atoms with van der Waals surface area (Å²) in [7, 11) is 0. The van der Waals surface area contributed by atoms with Crippen LogP contribution in [0.15, 0.2) is 30.3 Å². The first-order chi connectivity index (χ1) is 13.6. The van der Waals surface area contributed by atoms with Gasteiger partial charge >= 0.3 is 0 Å². The molecule has 0 radical (unpaired) electrons. The van der Waals surface area contributed by atoms with E-state index >= 15 is 0 Å². The summed E-state index contributed by atoms with van der Waals surface area (Å²) >= 11 is 0. The summed E-state index contributed by atoms with van der Waals surface area (Å²) in [5.74, 6) is 0.727. The van der Waals surface area contributed by atoms with Crippen LogP contribution in [-0.4, -0.2) is 72.3 Å². The van der Waals surface area contributed by atoms with Crippen molar-refractivity contribution < 1.29 is 9.59 Å². The molecule has 0 saturated carbocycles. The molecular weight excluding hydrogens is 350 g/mol. The molecule has 2 amide bonds. The predicted molar refractivity (Wildman–Crippen MR) is 112 cm³/mol. The number of hydrogen-bond donors (Lipinski definition) is 0. The maximum Gasteiger partial charge on any atom is 0.236 e. The van der Waals surface area contributed by atoms with Crippen LogP contribution in [0.25, 0.3) is 0 Å². The minimum Gasteiger partial charge on any atom is -0.342 e. The van der Waals surface area contributed by atoms with Gasteiger partial charge in [0.15, 0.2) is 0 Å². The number of benzene rings is 1. The van der Waals surface area contributed by atoms with E-state index in [-0.39, 0.29) is 17.7 Å². The van der Waals surface area contributed by atoms with Crippen LogP contribution >= 0.6 is 0 Å². The van der Waals surface area contributed by atoms with E-state index in [2.05, 4.69) is 30.9 Å². The lowest BCUT2D eigenvalue weighted by Gasteiger charge is -2.38. The molecule has 2 unspecified atom stereocenters. The molecule has 2 saturated heterocycles. The van der Waals surface area contributed by atoms with Crippen molar-refractivity contribution in [3.8, 4) is 0 Å². The normalized spacial score (nSPS) is 20.6. The standard InChI is InChI=1S/C23H35N3O2/c1-3-19(2)22(20-10-6-4-7-11-20)23(28)26-16-14-24(15-17-26)18-21(27)25-12-8-5-9-13-25/h4,6-7,10-11,19,22H,3,5,8-9,12-18H2,1-2H3. The molecule has 0 spiro atoms. The van der Waals surface area contributed by atoms with Crippen LogP contribution in [0.4, 0.5) is 0 Å². The lowest BCUT2D eigenvalue weighted by molar-refractivity contribution is -0.137. The Labute approximate surface area is 169 Å². The SMILES string of the molecule is CCC(C)C(C(=O)N1CCN(CC(=O)N2CCCCC2)CC1)c1ccccc1. The van der Waals surface area contributed by atoms with Gasteiger partial charge in [-0.2, -0.15) is 0 Å². The maximum atomic E-state index is 13.3. The Morgan fingerprint density at radius 2 is 1.54 bits per heavy atom. The number of amides is 2. The molecule has 154 valence electrons. The first-order valence-electron chi connectivity index (χ1n) is 10.9. The van der Waals surface area contributed by atoms with Crippen molar-refractivity contribution in [2.45, 2.75) is 45.4 Å². The second kappa shape index (κ2) is 10.1. The highest BCUT2D eigenvalue weighted by Crippen LogP contribution is 2.29. The third-order valence-corrected chi connectivity index (χ3v) is 6.39. The Balaban J connectivity index is 1.55. The molecule has 2 fully saturated rings. The van der Waals surface area contributed by atoms with Gasteiger partial charge in [0.1, 0.15) is 0 Å².